The van der Waals surface area contributed by atoms with Crippen molar-refractivity contribution in [2.75, 3.05) is 0 Å². The molecule has 0 aliphatic heterocycles. The third-order valence-corrected chi connectivity index (χ3v) is 1.92. The number of hydrogen-bond donors (Lipinski definition) is 0. The van der Waals surface area contributed by atoms with Gasteiger partial charge in [0.15, 0.2) is 0 Å². The average molecular weight is 144 g/mol. The summed E-state index contributed by atoms with van der Waals surface area (Å²) < 4.78 is 12.7. The Hall–Kier alpha value is -0.400. The maximum absolute atomic E-state index is 12.7. The van der Waals surface area contributed by atoms with Crippen LogP contribution in [0.25, 0.3) is 0 Å². The highest BCUT2D eigenvalue weighted by Crippen LogP contribution is 2.16. The van der Waals surface area contributed by atoms with Crippen molar-refractivity contribution in [3.8, 4) is 0 Å². The first-order valence-electron chi connectivity index (χ1n) is 3.95. The molecule has 1 unspecified atom stereocenters. The van der Waals surface area contributed by atoms with E-state index in [2.05, 4.69) is 0 Å². The summed E-state index contributed by atoms with van der Waals surface area (Å²) in [5, 5.41) is 0. The second-order valence-corrected chi connectivity index (χ2v) is 2.94. The fourth-order valence-electron chi connectivity index (χ4n) is 1.32. The lowest BCUT2D eigenvalue weighted by atomic mass is 9.99. The topological polar surface area (TPSA) is 17.1 Å². The van der Waals surface area contributed by atoms with Crippen LogP contribution in [-0.2, 0) is 4.79 Å². The number of hydrogen-bond acceptors (Lipinski definition) is 1. The zero-order chi connectivity index (χ0) is 7.40. The summed E-state index contributed by atoms with van der Waals surface area (Å²) in [6.45, 7) is 0. The summed E-state index contributed by atoms with van der Waals surface area (Å²) >= 11 is 0. The van der Waals surface area contributed by atoms with Gasteiger partial charge in [-0.3, -0.25) is 4.79 Å². The minimum absolute atomic E-state index is 0.104. The first-order chi connectivity index (χ1) is 4.79. The van der Waals surface area contributed by atoms with Crippen LogP contribution in [0, 0.1) is 0 Å². The normalized spacial score (nSPS) is 29.3. The van der Waals surface area contributed by atoms with E-state index < -0.39 is 6.17 Å². The highest BCUT2D eigenvalue weighted by atomic mass is 19.1. The molecule has 0 aromatic rings. The maximum atomic E-state index is 12.7. The maximum Gasteiger partial charge on any atom is 0.135 e. The number of rotatable bonds is 0. The molecule has 0 radical (unpaired) electrons. The molecule has 1 atom stereocenters. The largest absolute Gasteiger partial charge is 0.300 e. The van der Waals surface area contributed by atoms with Crippen molar-refractivity contribution in [1.29, 1.82) is 0 Å². The molecule has 0 bridgehead atoms. The van der Waals surface area contributed by atoms with Crippen LogP contribution in [0.3, 0.4) is 0 Å². The Morgan fingerprint density at radius 1 is 1.30 bits per heavy atom. The molecule has 0 aromatic carbocycles. The zero-order valence-corrected chi connectivity index (χ0v) is 6.11. The van der Waals surface area contributed by atoms with E-state index in [1.54, 1.807) is 0 Å². The van der Waals surface area contributed by atoms with Gasteiger partial charge in [-0.2, -0.15) is 0 Å². The summed E-state index contributed by atoms with van der Waals surface area (Å²) in [5.74, 6) is 0.104. The Morgan fingerprint density at radius 3 is 2.90 bits per heavy atom. The van der Waals surface area contributed by atoms with E-state index in [-0.39, 0.29) is 12.2 Å². The van der Waals surface area contributed by atoms with E-state index in [0.717, 1.165) is 19.3 Å². The summed E-state index contributed by atoms with van der Waals surface area (Å²) in [6, 6.07) is 0. The molecule has 1 saturated carbocycles. The Labute approximate surface area is 60.6 Å². The first kappa shape index (κ1) is 7.70. The van der Waals surface area contributed by atoms with Gasteiger partial charge in [0.05, 0.1) is 0 Å². The number of carbonyl (C=O) groups excluding carboxylic acids is 1. The summed E-state index contributed by atoms with van der Waals surface area (Å²) in [4.78, 5) is 10.8. The summed E-state index contributed by atoms with van der Waals surface area (Å²) in [7, 11) is 0. The zero-order valence-electron chi connectivity index (χ0n) is 6.11. The van der Waals surface area contributed by atoms with Crippen LogP contribution in [0.2, 0.25) is 0 Å². The average Bonchev–Trinajstić information content (AvgIpc) is 1.83. The molecule has 0 saturated heterocycles. The van der Waals surface area contributed by atoms with E-state index in [1.165, 1.54) is 0 Å². The van der Waals surface area contributed by atoms with Crippen molar-refractivity contribution in [2.24, 2.45) is 0 Å². The lowest BCUT2D eigenvalue weighted by Crippen LogP contribution is -2.11. The van der Waals surface area contributed by atoms with Gasteiger partial charge < -0.3 is 0 Å². The predicted octanol–water partition coefficient (Wildman–Crippen LogP) is 2.25. The molecule has 0 N–H and O–H groups in total. The molecule has 1 aliphatic carbocycles. The first-order valence-corrected chi connectivity index (χ1v) is 3.95. The van der Waals surface area contributed by atoms with Crippen LogP contribution in [0.4, 0.5) is 4.39 Å². The third-order valence-electron chi connectivity index (χ3n) is 1.92. The fraction of sp³-hybridized carbons (Fsp3) is 0.875. The fourth-order valence-corrected chi connectivity index (χ4v) is 1.32. The summed E-state index contributed by atoms with van der Waals surface area (Å²) in [5.41, 5.74) is 0. The molecule has 58 valence electrons. The Morgan fingerprint density at radius 2 is 2.10 bits per heavy atom. The van der Waals surface area contributed by atoms with Crippen LogP contribution < -0.4 is 0 Å². The van der Waals surface area contributed by atoms with Crippen molar-refractivity contribution in [3.05, 3.63) is 0 Å². The van der Waals surface area contributed by atoms with E-state index in [9.17, 15) is 9.18 Å². The number of halogens is 1. The minimum Gasteiger partial charge on any atom is -0.300 e. The molecule has 10 heavy (non-hydrogen) atoms. The Bertz CT molecular complexity index is 122. The molecule has 2 heteroatoms. The van der Waals surface area contributed by atoms with E-state index >= 15 is 0 Å². The Kier molecular flexibility index (Phi) is 2.84. The van der Waals surface area contributed by atoms with Crippen LogP contribution in [0.15, 0.2) is 0 Å². The smallest absolute Gasteiger partial charge is 0.135 e. The molecular formula is C8H13FO. The number of Topliss-reactive ketones (excluding diaryl/α,β-unsaturated/α-hetero) is 1. The van der Waals surface area contributed by atoms with E-state index in [1.807, 2.05) is 0 Å². The van der Waals surface area contributed by atoms with Crippen molar-refractivity contribution in [1.82, 2.24) is 0 Å². The number of alkyl halides is 1. The van der Waals surface area contributed by atoms with Crippen molar-refractivity contribution < 1.29 is 9.18 Å². The van der Waals surface area contributed by atoms with Crippen molar-refractivity contribution in [2.45, 2.75) is 44.7 Å². The van der Waals surface area contributed by atoms with Crippen LogP contribution in [-0.4, -0.2) is 12.0 Å². The van der Waals surface area contributed by atoms with Gasteiger partial charge in [0.25, 0.3) is 0 Å². The standard InChI is InChI=1S/C8H13FO/c9-7-4-2-1-3-5-8(10)6-7/h7H,1-6H2. The second-order valence-electron chi connectivity index (χ2n) is 2.94. The molecule has 1 rings (SSSR count). The molecule has 0 aromatic heterocycles. The predicted molar refractivity (Wildman–Crippen MR) is 37.6 cm³/mol. The molecule has 0 spiro atoms. The van der Waals surface area contributed by atoms with Gasteiger partial charge in [-0.1, -0.05) is 12.8 Å². The van der Waals surface area contributed by atoms with Crippen LogP contribution in [0.5, 0.6) is 0 Å². The lowest BCUT2D eigenvalue weighted by Gasteiger charge is -2.10. The van der Waals surface area contributed by atoms with Gasteiger partial charge in [0, 0.05) is 12.8 Å². The monoisotopic (exact) mass is 144 g/mol. The SMILES string of the molecule is O=C1CCCCCC(F)C1. The van der Waals surface area contributed by atoms with Crippen molar-refractivity contribution >= 4 is 5.78 Å². The quantitative estimate of drug-likeness (QED) is 0.509. The number of ketones is 1. The van der Waals surface area contributed by atoms with E-state index in [0.29, 0.717) is 12.8 Å². The van der Waals surface area contributed by atoms with Crippen LogP contribution >= 0.6 is 0 Å². The molecule has 1 fully saturated rings. The van der Waals surface area contributed by atoms with E-state index in [4.69, 9.17) is 0 Å². The van der Waals surface area contributed by atoms with Gasteiger partial charge in [-0.15, -0.1) is 0 Å². The van der Waals surface area contributed by atoms with Gasteiger partial charge >= 0.3 is 0 Å². The Balaban J connectivity index is 2.32. The number of carbonyl (C=O) groups is 1. The molecule has 0 heterocycles. The third kappa shape index (κ3) is 2.46. The van der Waals surface area contributed by atoms with Gasteiger partial charge in [0.2, 0.25) is 0 Å². The highest BCUT2D eigenvalue weighted by Gasteiger charge is 2.14. The van der Waals surface area contributed by atoms with Gasteiger partial charge in [0.1, 0.15) is 12.0 Å². The highest BCUT2D eigenvalue weighted by molar-refractivity contribution is 5.78. The molecule has 1 nitrogen and oxygen atoms in total. The van der Waals surface area contributed by atoms with Gasteiger partial charge in [-0.05, 0) is 12.8 Å². The minimum atomic E-state index is -0.854. The van der Waals surface area contributed by atoms with Crippen molar-refractivity contribution in [3.63, 3.8) is 0 Å². The second kappa shape index (κ2) is 3.69. The van der Waals surface area contributed by atoms with Crippen LogP contribution in [0.1, 0.15) is 38.5 Å². The molecule has 1 aliphatic rings. The molecule has 0 amide bonds. The summed E-state index contributed by atoms with van der Waals surface area (Å²) in [6.07, 6.45) is 3.44. The lowest BCUT2D eigenvalue weighted by molar-refractivity contribution is -0.120. The van der Waals surface area contributed by atoms with Gasteiger partial charge in [-0.25, -0.2) is 4.39 Å². The molecular weight excluding hydrogens is 131 g/mol.